The second-order valence-corrected chi connectivity index (χ2v) is 6.83. The molecule has 0 aliphatic heterocycles. The molecule has 2 aromatic rings. The van der Waals surface area contributed by atoms with Gasteiger partial charge in [-0.3, -0.25) is 4.99 Å². The number of halogens is 1. The molecule has 2 rings (SSSR count). The summed E-state index contributed by atoms with van der Waals surface area (Å²) in [6.45, 7) is 5.01. The summed E-state index contributed by atoms with van der Waals surface area (Å²) in [5.74, 6) is 2.11. The predicted octanol–water partition coefficient (Wildman–Crippen LogP) is 3.28. The minimum atomic E-state index is 0. The zero-order chi connectivity index (χ0) is 19.5. The molecule has 0 saturated carbocycles. The first kappa shape index (κ1) is 24.2. The van der Waals surface area contributed by atoms with E-state index in [0.29, 0.717) is 25.7 Å². The van der Waals surface area contributed by atoms with Crippen LogP contribution in [0, 0.1) is 5.92 Å². The lowest BCUT2D eigenvalue weighted by Gasteiger charge is -2.17. The van der Waals surface area contributed by atoms with Crippen LogP contribution < -0.4 is 15.5 Å². The number of rotatable bonds is 9. The van der Waals surface area contributed by atoms with E-state index in [1.54, 1.807) is 7.05 Å². The highest BCUT2D eigenvalue weighted by Crippen LogP contribution is 2.09. The van der Waals surface area contributed by atoms with Crippen molar-refractivity contribution in [3.63, 3.8) is 0 Å². The summed E-state index contributed by atoms with van der Waals surface area (Å²) in [5.41, 5.74) is 2.36. The number of anilines is 1. The predicted molar refractivity (Wildman–Crippen MR) is 127 cm³/mol. The van der Waals surface area contributed by atoms with Crippen LogP contribution in [0.4, 0.5) is 5.82 Å². The van der Waals surface area contributed by atoms with Gasteiger partial charge in [0.15, 0.2) is 5.96 Å². The average Bonchev–Trinajstić information content (AvgIpc) is 2.69. The Kier molecular flexibility index (Phi) is 11.5. The Labute approximate surface area is 185 Å². The second-order valence-electron chi connectivity index (χ2n) is 6.83. The van der Waals surface area contributed by atoms with Gasteiger partial charge in [0.05, 0.1) is 13.2 Å². The fraction of sp³-hybridized carbons (Fsp3) is 0.429. The number of nitrogens with zero attached hydrogens (tertiary/aromatic N) is 3. The molecule has 2 N–H and O–H groups in total. The van der Waals surface area contributed by atoms with E-state index in [1.807, 2.05) is 49.5 Å². The number of nitrogens with one attached hydrogen (secondary N) is 2. The van der Waals surface area contributed by atoms with Gasteiger partial charge in [0.25, 0.3) is 0 Å². The van der Waals surface area contributed by atoms with Gasteiger partial charge in [-0.05, 0) is 29.2 Å². The maximum absolute atomic E-state index is 5.80. The van der Waals surface area contributed by atoms with Crippen LogP contribution in [0.1, 0.15) is 18.1 Å². The molecule has 1 aromatic heterocycles. The molecule has 0 radical (unpaired) electrons. The van der Waals surface area contributed by atoms with Gasteiger partial charge in [0.2, 0.25) is 0 Å². The van der Waals surface area contributed by atoms with Crippen molar-refractivity contribution in [3.8, 4) is 0 Å². The number of hydrogen-bond acceptors (Lipinski definition) is 4. The lowest BCUT2D eigenvalue weighted by Crippen LogP contribution is -2.39. The smallest absolute Gasteiger partial charge is 0.191 e. The minimum Gasteiger partial charge on any atom is -0.376 e. The van der Waals surface area contributed by atoms with Gasteiger partial charge < -0.3 is 20.3 Å². The molecule has 154 valence electrons. The lowest BCUT2D eigenvalue weighted by molar-refractivity contribution is 0.0931. The van der Waals surface area contributed by atoms with Crippen LogP contribution in [0.5, 0.6) is 0 Å². The molecule has 1 atom stereocenters. The SMILES string of the molecule is CN=C(NCc1ccnc(N(C)C)c1)NCC(C)COCc1ccccc1.I. The first-order valence-corrected chi connectivity index (χ1v) is 9.27. The van der Waals surface area contributed by atoms with Crippen LogP contribution >= 0.6 is 24.0 Å². The van der Waals surface area contributed by atoms with Crippen LogP contribution in [0.25, 0.3) is 0 Å². The molecule has 0 saturated heterocycles. The molecular formula is C21H32IN5O. The van der Waals surface area contributed by atoms with Crippen molar-refractivity contribution in [1.29, 1.82) is 0 Å². The Balaban J connectivity index is 0.00000392. The van der Waals surface area contributed by atoms with Crippen LogP contribution in [0.2, 0.25) is 0 Å². The topological polar surface area (TPSA) is 61.8 Å². The molecule has 0 bridgehead atoms. The summed E-state index contributed by atoms with van der Waals surface area (Å²) >= 11 is 0. The third kappa shape index (κ3) is 8.88. The van der Waals surface area contributed by atoms with E-state index in [-0.39, 0.29) is 24.0 Å². The normalized spacial score (nSPS) is 12.1. The maximum atomic E-state index is 5.80. The van der Waals surface area contributed by atoms with Crippen LogP contribution in [-0.2, 0) is 17.9 Å². The van der Waals surface area contributed by atoms with Crippen molar-refractivity contribution in [2.75, 3.05) is 39.2 Å². The molecule has 0 fully saturated rings. The van der Waals surface area contributed by atoms with Gasteiger partial charge >= 0.3 is 0 Å². The molecule has 1 aromatic carbocycles. The highest BCUT2D eigenvalue weighted by Gasteiger charge is 2.06. The van der Waals surface area contributed by atoms with Crippen LogP contribution in [0.15, 0.2) is 53.7 Å². The van der Waals surface area contributed by atoms with Gasteiger partial charge in [0, 0.05) is 40.4 Å². The number of aromatic nitrogens is 1. The number of ether oxygens (including phenoxy) is 1. The number of hydrogen-bond donors (Lipinski definition) is 2. The molecule has 0 aliphatic carbocycles. The Bertz CT molecular complexity index is 709. The van der Waals surface area contributed by atoms with Gasteiger partial charge in [-0.15, -0.1) is 24.0 Å². The van der Waals surface area contributed by atoms with Gasteiger partial charge in [-0.1, -0.05) is 37.3 Å². The first-order chi connectivity index (χ1) is 13.1. The van der Waals surface area contributed by atoms with Crippen LogP contribution in [-0.4, -0.2) is 45.2 Å². The molecule has 0 amide bonds. The van der Waals surface area contributed by atoms with E-state index in [9.17, 15) is 0 Å². The van der Waals surface area contributed by atoms with Gasteiger partial charge in [0.1, 0.15) is 5.82 Å². The van der Waals surface area contributed by atoms with Crippen molar-refractivity contribution >= 4 is 35.8 Å². The summed E-state index contributed by atoms with van der Waals surface area (Å²) in [5, 5.41) is 6.70. The van der Waals surface area contributed by atoms with Crippen molar-refractivity contribution < 1.29 is 4.74 Å². The highest BCUT2D eigenvalue weighted by molar-refractivity contribution is 14.0. The molecule has 0 aliphatic rings. The van der Waals surface area contributed by atoms with E-state index < -0.39 is 0 Å². The monoisotopic (exact) mass is 497 g/mol. The summed E-state index contributed by atoms with van der Waals surface area (Å²) in [4.78, 5) is 10.6. The van der Waals surface area contributed by atoms with Crippen molar-refractivity contribution in [2.24, 2.45) is 10.9 Å². The van der Waals surface area contributed by atoms with E-state index in [4.69, 9.17) is 4.74 Å². The lowest BCUT2D eigenvalue weighted by atomic mass is 10.2. The Hall–Kier alpha value is -1.87. The molecular weight excluding hydrogens is 465 g/mol. The Morgan fingerprint density at radius 1 is 1.14 bits per heavy atom. The zero-order valence-electron chi connectivity index (χ0n) is 17.2. The number of guanidine groups is 1. The van der Waals surface area contributed by atoms with E-state index in [2.05, 4.69) is 45.7 Å². The first-order valence-electron chi connectivity index (χ1n) is 9.27. The number of aliphatic imine (C=N–C) groups is 1. The summed E-state index contributed by atoms with van der Waals surface area (Å²) < 4.78 is 5.80. The van der Waals surface area contributed by atoms with Gasteiger partial charge in [-0.25, -0.2) is 4.98 Å². The Morgan fingerprint density at radius 3 is 2.57 bits per heavy atom. The van der Waals surface area contributed by atoms with Crippen LogP contribution in [0.3, 0.4) is 0 Å². The number of benzene rings is 1. The summed E-state index contributed by atoms with van der Waals surface area (Å²) in [6, 6.07) is 14.3. The van der Waals surface area contributed by atoms with Crippen molar-refractivity contribution in [1.82, 2.24) is 15.6 Å². The zero-order valence-corrected chi connectivity index (χ0v) is 19.5. The maximum Gasteiger partial charge on any atom is 0.191 e. The quantitative estimate of drug-likeness (QED) is 0.317. The van der Waals surface area contributed by atoms with E-state index >= 15 is 0 Å². The summed E-state index contributed by atoms with van der Waals surface area (Å²) in [7, 11) is 5.76. The molecule has 7 heteroatoms. The number of pyridine rings is 1. The third-order valence-electron chi connectivity index (χ3n) is 4.08. The molecule has 28 heavy (non-hydrogen) atoms. The van der Waals surface area contributed by atoms with Gasteiger partial charge in [-0.2, -0.15) is 0 Å². The average molecular weight is 497 g/mol. The highest BCUT2D eigenvalue weighted by atomic mass is 127. The van der Waals surface area contributed by atoms with Crippen molar-refractivity contribution in [2.45, 2.75) is 20.1 Å². The van der Waals surface area contributed by atoms with E-state index in [0.717, 1.165) is 23.9 Å². The Morgan fingerprint density at radius 2 is 1.89 bits per heavy atom. The second kappa shape index (κ2) is 13.3. The minimum absolute atomic E-state index is 0. The van der Waals surface area contributed by atoms with Crippen molar-refractivity contribution in [3.05, 3.63) is 59.8 Å². The molecule has 1 unspecified atom stereocenters. The molecule has 6 nitrogen and oxygen atoms in total. The fourth-order valence-electron chi connectivity index (χ4n) is 2.50. The molecule has 0 spiro atoms. The third-order valence-corrected chi connectivity index (χ3v) is 4.08. The fourth-order valence-corrected chi connectivity index (χ4v) is 2.50. The van der Waals surface area contributed by atoms with E-state index in [1.165, 1.54) is 5.56 Å². The summed E-state index contributed by atoms with van der Waals surface area (Å²) in [6.07, 6.45) is 1.83. The largest absolute Gasteiger partial charge is 0.376 e. The standard InChI is InChI=1S/C21H31N5O.HI/c1-17(15-27-16-18-8-6-5-7-9-18)13-24-21(22-2)25-14-19-10-11-23-20(12-19)26(3)4;/h5-12,17H,13-16H2,1-4H3,(H2,22,24,25);1H. The molecule has 1 heterocycles.